The van der Waals surface area contributed by atoms with E-state index < -0.39 is 12.6 Å². The van der Waals surface area contributed by atoms with Crippen LogP contribution in [0.3, 0.4) is 0 Å². The number of phenolic OH excluding ortho intramolecular Hbond substituents is 1. The van der Waals surface area contributed by atoms with Gasteiger partial charge in [0, 0.05) is 9.24 Å². The number of aromatic hydroxyl groups is 1. The zero-order valence-electron chi connectivity index (χ0n) is 10.5. The summed E-state index contributed by atoms with van der Waals surface area (Å²) in [5, 5.41) is 19.0. The summed E-state index contributed by atoms with van der Waals surface area (Å²) < 4.78 is 26.6. The van der Waals surface area contributed by atoms with Gasteiger partial charge >= 0.3 is 0 Å². The van der Waals surface area contributed by atoms with Crippen molar-refractivity contribution in [3.05, 3.63) is 23.8 Å². The molecule has 14 heavy (non-hydrogen) atoms. The molecule has 1 unspecified atom stereocenters. The molecular weight excluding hydrogens is 206 g/mol. The normalized spacial score (nSPS) is 18.1. The molecule has 0 aliphatic carbocycles. The van der Waals surface area contributed by atoms with E-state index in [4.69, 9.17) is 14.6 Å². The first-order valence-corrected chi connectivity index (χ1v) is 3.59. The van der Waals surface area contributed by atoms with Crippen molar-refractivity contribution in [1.29, 1.82) is 0 Å². The fraction of sp³-hybridized carbons (Fsp3) is 0.333. The standard InChI is InChI=1S/C9H13NO3.ClH/c1-13-9-4-6(8(12)5-10)2-3-7(9)11;/h2-4,8,11-12H,5,10H2,1H3;1H/i5D2,8D;. The molecule has 0 spiro atoms. The van der Waals surface area contributed by atoms with Gasteiger partial charge < -0.3 is 20.7 Å². The van der Waals surface area contributed by atoms with Crippen molar-refractivity contribution in [2.24, 2.45) is 5.73 Å². The quantitative estimate of drug-likeness (QED) is 0.708. The van der Waals surface area contributed by atoms with Crippen LogP contribution in [0.15, 0.2) is 18.2 Å². The average molecular weight is 223 g/mol. The predicted molar refractivity (Wildman–Crippen MR) is 55.9 cm³/mol. The number of methoxy groups -OCH3 is 1. The maximum atomic E-state index is 9.66. The summed E-state index contributed by atoms with van der Waals surface area (Å²) >= 11 is 0. The zero-order chi connectivity index (χ0) is 12.6. The molecule has 0 heterocycles. The van der Waals surface area contributed by atoms with Gasteiger partial charge in [-0.25, -0.2) is 0 Å². The van der Waals surface area contributed by atoms with Crippen molar-refractivity contribution in [1.82, 2.24) is 0 Å². The summed E-state index contributed by atoms with van der Waals surface area (Å²) in [6.07, 6.45) is -2.62. The molecule has 0 bridgehead atoms. The Bertz CT molecular complexity index is 396. The number of ether oxygens (including phenoxy) is 1. The second-order valence-corrected chi connectivity index (χ2v) is 2.38. The van der Waals surface area contributed by atoms with E-state index in [0.29, 0.717) is 0 Å². The molecular formula is C9H14ClNO3. The number of halogens is 1. The van der Waals surface area contributed by atoms with Crippen LogP contribution < -0.4 is 10.5 Å². The molecule has 0 aliphatic heterocycles. The van der Waals surface area contributed by atoms with E-state index in [1.54, 1.807) is 0 Å². The van der Waals surface area contributed by atoms with Crippen molar-refractivity contribution in [3.63, 3.8) is 0 Å². The Morgan fingerprint density at radius 1 is 1.71 bits per heavy atom. The van der Waals surface area contributed by atoms with E-state index in [-0.39, 0.29) is 29.5 Å². The van der Waals surface area contributed by atoms with Gasteiger partial charge in [-0.05, 0) is 17.7 Å². The van der Waals surface area contributed by atoms with Crippen molar-refractivity contribution in [2.45, 2.75) is 6.08 Å². The molecule has 0 radical (unpaired) electrons. The topological polar surface area (TPSA) is 75.7 Å². The van der Waals surface area contributed by atoms with E-state index in [1.165, 1.54) is 19.2 Å². The number of rotatable bonds is 3. The first kappa shape index (κ1) is 8.35. The lowest BCUT2D eigenvalue weighted by atomic mass is 10.1. The van der Waals surface area contributed by atoms with Crippen LogP contribution in [0.1, 0.15) is 15.8 Å². The highest BCUT2D eigenvalue weighted by Crippen LogP contribution is 2.28. The first-order valence-electron chi connectivity index (χ1n) is 5.09. The fourth-order valence-electron chi connectivity index (χ4n) is 0.908. The predicted octanol–water partition coefficient (Wildman–Crippen LogP) is 0.815. The average Bonchev–Trinajstić information content (AvgIpc) is 2.16. The molecule has 80 valence electrons. The highest BCUT2D eigenvalue weighted by molar-refractivity contribution is 5.85. The van der Waals surface area contributed by atoms with Crippen LogP contribution >= 0.6 is 12.4 Å². The van der Waals surface area contributed by atoms with Gasteiger partial charge in [0.15, 0.2) is 11.5 Å². The lowest BCUT2D eigenvalue weighted by Crippen LogP contribution is -2.11. The van der Waals surface area contributed by atoms with Gasteiger partial charge in [-0.3, -0.25) is 0 Å². The van der Waals surface area contributed by atoms with Crippen LogP contribution in [-0.2, 0) is 0 Å². The highest BCUT2D eigenvalue weighted by Gasteiger charge is 2.08. The fourth-order valence-corrected chi connectivity index (χ4v) is 0.908. The van der Waals surface area contributed by atoms with Crippen LogP contribution in [0.2, 0.25) is 0 Å². The van der Waals surface area contributed by atoms with Gasteiger partial charge in [0.25, 0.3) is 0 Å². The molecule has 4 N–H and O–H groups in total. The maximum Gasteiger partial charge on any atom is 0.160 e. The van der Waals surface area contributed by atoms with Gasteiger partial charge in [0.05, 0.1) is 14.6 Å². The molecule has 0 amide bonds. The Morgan fingerprint density at radius 2 is 2.36 bits per heavy atom. The van der Waals surface area contributed by atoms with Gasteiger partial charge in [0.1, 0.15) is 0 Å². The van der Waals surface area contributed by atoms with Crippen molar-refractivity contribution in [2.75, 3.05) is 13.6 Å². The number of aliphatic hydroxyl groups is 1. The Kier molecular flexibility index (Phi) is 3.40. The largest absolute Gasteiger partial charge is 0.504 e. The zero-order valence-corrected chi connectivity index (χ0v) is 8.34. The summed E-state index contributed by atoms with van der Waals surface area (Å²) in [5.41, 5.74) is 4.97. The smallest absolute Gasteiger partial charge is 0.160 e. The number of hydrogen-bond acceptors (Lipinski definition) is 4. The number of hydrogen-bond donors (Lipinski definition) is 3. The highest BCUT2D eigenvalue weighted by atomic mass is 35.5. The molecule has 0 fully saturated rings. The van der Waals surface area contributed by atoms with Crippen molar-refractivity contribution < 1.29 is 19.1 Å². The Hall–Kier alpha value is -0.970. The molecule has 0 saturated carbocycles. The first-order chi connectivity index (χ1) is 7.20. The van der Waals surface area contributed by atoms with Gasteiger partial charge in [0.2, 0.25) is 0 Å². The SMILES string of the molecule is Cl.[2H]C([2H])(N)C([2H])(O)c1ccc(O)c(OC)c1. The van der Waals surface area contributed by atoms with Crippen molar-refractivity contribution >= 4 is 12.4 Å². The molecule has 1 rings (SSSR count). The van der Waals surface area contributed by atoms with Crippen LogP contribution in [0.25, 0.3) is 0 Å². The summed E-state index contributed by atoms with van der Waals surface area (Å²) in [4.78, 5) is 0. The monoisotopic (exact) mass is 222 g/mol. The Balaban J connectivity index is 0.00000256. The summed E-state index contributed by atoms with van der Waals surface area (Å²) in [6, 6.07) is 3.56. The van der Waals surface area contributed by atoms with E-state index in [0.717, 1.165) is 6.07 Å². The van der Waals surface area contributed by atoms with Crippen LogP contribution in [0, 0.1) is 0 Å². The number of nitrogens with two attached hydrogens (primary N) is 1. The Labute approximate surface area is 92.9 Å². The molecule has 0 aromatic heterocycles. The molecule has 4 nitrogen and oxygen atoms in total. The number of phenols is 1. The lowest BCUT2D eigenvalue weighted by molar-refractivity contribution is 0.186. The van der Waals surface area contributed by atoms with E-state index >= 15 is 0 Å². The summed E-state index contributed by atoms with van der Waals surface area (Å²) in [7, 11) is 1.30. The van der Waals surface area contributed by atoms with Gasteiger partial charge in [-0.1, -0.05) is 6.07 Å². The minimum Gasteiger partial charge on any atom is -0.504 e. The molecule has 0 aliphatic rings. The molecule has 1 aromatic carbocycles. The van der Waals surface area contributed by atoms with Crippen LogP contribution in [-0.4, -0.2) is 23.8 Å². The summed E-state index contributed by atoms with van der Waals surface area (Å²) in [6.45, 7) is -2.63. The minimum atomic E-state index is -2.63. The third-order valence-corrected chi connectivity index (χ3v) is 1.59. The second-order valence-electron chi connectivity index (χ2n) is 2.38. The molecule has 1 aromatic rings. The van der Waals surface area contributed by atoms with Crippen LogP contribution in [0.4, 0.5) is 0 Å². The molecule has 0 saturated heterocycles. The number of benzene rings is 1. The van der Waals surface area contributed by atoms with Gasteiger partial charge in [-0.2, -0.15) is 0 Å². The van der Waals surface area contributed by atoms with Crippen LogP contribution in [0.5, 0.6) is 11.5 Å². The second kappa shape index (κ2) is 5.70. The Morgan fingerprint density at radius 3 is 2.86 bits per heavy atom. The van der Waals surface area contributed by atoms with Crippen molar-refractivity contribution in [3.8, 4) is 11.5 Å². The molecule has 1 atom stereocenters. The third kappa shape index (κ3) is 2.77. The van der Waals surface area contributed by atoms with E-state index in [1.807, 2.05) is 0 Å². The van der Waals surface area contributed by atoms with E-state index in [9.17, 15) is 10.2 Å². The molecule has 5 heteroatoms. The third-order valence-electron chi connectivity index (χ3n) is 1.59. The lowest BCUT2D eigenvalue weighted by Gasteiger charge is -2.10. The van der Waals surface area contributed by atoms with E-state index in [2.05, 4.69) is 0 Å². The maximum absolute atomic E-state index is 9.66. The van der Waals surface area contributed by atoms with Gasteiger partial charge in [-0.15, -0.1) is 12.4 Å². The summed E-state index contributed by atoms with van der Waals surface area (Å²) in [5.74, 6) is -0.132. The minimum absolute atomic E-state index is 0.